The van der Waals surface area contributed by atoms with Crippen molar-refractivity contribution >= 4 is 34.8 Å². The van der Waals surface area contributed by atoms with Gasteiger partial charge < -0.3 is 10.1 Å². The summed E-state index contributed by atoms with van der Waals surface area (Å²) in [5, 5.41) is 2.76. The molecule has 0 saturated carbocycles. The summed E-state index contributed by atoms with van der Waals surface area (Å²) in [5.74, 6) is -0.231. The molecule has 1 N–H and O–H groups in total. The van der Waals surface area contributed by atoms with E-state index in [1.165, 1.54) is 6.20 Å². The fraction of sp³-hybridized carbons (Fsp3) is 0.444. The lowest BCUT2D eigenvalue weighted by molar-refractivity contribution is -0.124. The maximum atomic E-state index is 11.7. The number of carbonyl (C=O) groups excluding carboxylic acids is 1. The maximum absolute atomic E-state index is 11.7. The number of ether oxygens (including phenoxy) is 1. The number of nitrogens with zero attached hydrogens (tertiary/aromatic N) is 2. The Labute approximate surface area is 102 Å². The fourth-order valence-electron chi connectivity index (χ4n) is 1.42. The van der Waals surface area contributed by atoms with E-state index in [4.69, 9.17) is 27.9 Å². The highest BCUT2D eigenvalue weighted by atomic mass is 35.5. The van der Waals surface area contributed by atoms with Crippen LogP contribution in [0.1, 0.15) is 12.8 Å². The molecule has 5 nitrogen and oxygen atoms in total. The first-order chi connectivity index (χ1) is 7.66. The Morgan fingerprint density at radius 2 is 2.38 bits per heavy atom. The van der Waals surface area contributed by atoms with Crippen molar-refractivity contribution in [2.24, 2.45) is 0 Å². The highest BCUT2D eigenvalue weighted by molar-refractivity contribution is 6.34. The van der Waals surface area contributed by atoms with Crippen LogP contribution in [0.25, 0.3) is 0 Å². The second-order valence-electron chi connectivity index (χ2n) is 3.33. The average molecular weight is 262 g/mol. The molecule has 2 heterocycles. The number of rotatable bonds is 2. The van der Waals surface area contributed by atoms with Gasteiger partial charge in [0.25, 0.3) is 5.91 Å². The van der Waals surface area contributed by atoms with Gasteiger partial charge in [-0.2, -0.15) is 0 Å². The minimum absolute atomic E-state index is 0.0418. The maximum Gasteiger partial charge on any atom is 0.253 e. The van der Waals surface area contributed by atoms with E-state index in [0.717, 1.165) is 12.8 Å². The first kappa shape index (κ1) is 11.6. The molecular weight excluding hydrogens is 253 g/mol. The fourth-order valence-corrected chi connectivity index (χ4v) is 1.78. The Morgan fingerprint density at radius 1 is 1.56 bits per heavy atom. The first-order valence-corrected chi connectivity index (χ1v) is 5.53. The Balaban J connectivity index is 2.05. The molecule has 1 unspecified atom stereocenters. The van der Waals surface area contributed by atoms with Gasteiger partial charge in [0.1, 0.15) is 6.10 Å². The van der Waals surface area contributed by atoms with Crippen LogP contribution in [0.15, 0.2) is 6.20 Å². The van der Waals surface area contributed by atoms with Gasteiger partial charge in [-0.05, 0) is 24.4 Å². The minimum atomic E-state index is -0.410. The molecule has 86 valence electrons. The number of anilines is 1. The summed E-state index contributed by atoms with van der Waals surface area (Å²) in [5.41, 5.74) is 0.339. The summed E-state index contributed by atoms with van der Waals surface area (Å²) in [4.78, 5) is 19.1. The number of halogens is 2. The first-order valence-electron chi connectivity index (χ1n) is 4.77. The highest BCUT2D eigenvalue weighted by Gasteiger charge is 2.24. The molecule has 1 aliphatic rings. The SMILES string of the molecule is O=C(Nc1cnc(Cl)nc1Cl)C1CCCO1. The summed E-state index contributed by atoms with van der Waals surface area (Å²) in [6.07, 6.45) is 2.57. The van der Waals surface area contributed by atoms with Crippen LogP contribution >= 0.6 is 23.2 Å². The molecule has 2 rings (SSSR count). The van der Waals surface area contributed by atoms with Gasteiger partial charge in [-0.1, -0.05) is 11.6 Å². The molecule has 1 atom stereocenters. The number of nitrogens with one attached hydrogen (secondary N) is 1. The van der Waals surface area contributed by atoms with E-state index < -0.39 is 6.10 Å². The predicted molar refractivity (Wildman–Crippen MR) is 59.7 cm³/mol. The van der Waals surface area contributed by atoms with E-state index in [2.05, 4.69) is 15.3 Å². The number of hydrogen-bond acceptors (Lipinski definition) is 4. The van der Waals surface area contributed by atoms with Crippen LogP contribution < -0.4 is 5.32 Å². The average Bonchev–Trinajstić information content (AvgIpc) is 2.75. The molecular formula is C9H9Cl2N3O2. The van der Waals surface area contributed by atoms with Crippen molar-refractivity contribution < 1.29 is 9.53 Å². The Bertz CT molecular complexity index is 408. The summed E-state index contributed by atoms with van der Waals surface area (Å²) in [7, 11) is 0. The molecule has 7 heteroatoms. The number of carbonyl (C=O) groups is 1. The van der Waals surface area contributed by atoms with Crippen LogP contribution in [0.2, 0.25) is 10.4 Å². The van der Waals surface area contributed by atoms with Gasteiger partial charge >= 0.3 is 0 Å². The molecule has 0 radical (unpaired) electrons. The van der Waals surface area contributed by atoms with Crippen molar-refractivity contribution in [1.82, 2.24) is 9.97 Å². The summed E-state index contributed by atoms with van der Waals surface area (Å²) < 4.78 is 5.23. The van der Waals surface area contributed by atoms with Gasteiger partial charge in [0.2, 0.25) is 5.28 Å². The molecule has 1 aromatic heterocycles. The molecule has 0 spiro atoms. The third-order valence-electron chi connectivity index (χ3n) is 2.19. The zero-order valence-corrected chi connectivity index (χ0v) is 9.75. The van der Waals surface area contributed by atoms with Crippen LogP contribution in [0, 0.1) is 0 Å². The van der Waals surface area contributed by atoms with Crippen molar-refractivity contribution in [2.45, 2.75) is 18.9 Å². The monoisotopic (exact) mass is 261 g/mol. The predicted octanol–water partition coefficient (Wildman–Crippen LogP) is 1.90. The van der Waals surface area contributed by atoms with Crippen LogP contribution in [0.3, 0.4) is 0 Å². The lowest BCUT2D eigenvalue weighted by atomic mass is 10.2. The van der Waals surface area contributed by atoms with Gasteiger partial charge in [0.15, 0.2) is 5.15 Å². The summed E-state index contributed by atoms with van der Waals surface area (Å²) >= 11 is 11.3. The van der Waals surface area contributed by atoms with E-state index in [9.17, 15) is 4.79 Å². The van der Waals surface area contributed by atoms with Crippen LogP contribution in [-0.4, -0.2) is 28.6 Å². The van der Waals surface area contributed by atoms with Crippen molar-refractivity contribution in [3.05, 3.63) is 16.6 Å². The number of amides is 1. The largest absolute Gasteiger partial charge is 0.368 e. The highest BCUT2D eigenvalue weighted by Crippen LogP contribution is 2.21. The molecule has 1 fully saturated rings. The second kappa shape index (κ2) is 4.95. The standard InChI is InChI=1S/C9H9Cl2N3O2/c10-7-5(4-12-9(11)14-7)13-8(15)6-2-1-3-16-6/h4,6H,1-3H2,(H,13,15). The van der Waals surface area contributed by atoms with Crippen LogP contribution in [0.4, 0.5) is 5.69 Å². The van der Waals surface area contributed by atoms with Crippen LogP contribution in [-0.2, 0) is 9.53 Å². The van der Waals surface area contributed by atoms with E-state index in [1.807, 2.05) is 0 Å². The molecule has 1 amide bonds. The minimum Gasteiger partial charge on any atom is -0.368 e. The van der Waals surface area contributed by atoms with Crippen molar-refractivity contribution in [3.8, 4) is 0 Å². The van der Waals surface area contributed by atoms with Crippen molar-refractivity contribution in [3.63, 3.8) is 0 Å². The van der Waals surface area contributed by atoms with Crippen LogP contribution in [0.5, 0.6) is 0 Å². The van der Waals surface area contributed by atoms with Gasteiger partial charge in [-0.25, -0.2) is 9.97 Å². The van der Waals surface area contributed by atoms with E-state index in [0.29, 0.717) is 12.3 Å². The Morgan fingerprint density at radius 3 is 3.00 bits per heavy atom. The molecule has 0 bridgehead atoms. The smallest absolute Gasteiger partial charge is 0.253 e. The van der Waals surface area contributed by atoms with Crippen molar-refractivity contribution in [1.29, 1.82) is 0 Å². The van der Waals surface area contributed by atoms with E-state index in [1.54, 1.807) is 0 Å². The van der Waals surface area contributed by atoms with Crippen molar-refractivity contribution in [2.75, 3.05) is 11.9 Å². The molecule has 0 aliphatic carbocycles. The molecule has 1 aliphatic heterocycles. The third kappa shape index (κ3) is 2.61. The molecule has 1 aromatic rings. The summed E-state index contributed by atoms with van der Waals surface area (Å²) in [6, 6.07) is 0. The van der Waals surface area contributed by atoms with Gasteiger partial charge in [0, 0.05) is 6.61 Å². The number of aromatic nitrogens is 2. The number of hydrogen-bond donors (Lipinski definition) is 1. The molecule has 16 heavy (non-hydrogen) atoms. The van der Waals surface area contributed by atoms with Gasteiger partial charge in [-0.15, -0.1) is 0 Å². The zero-order valence-electron chi connectivity index (χ0n) is 8.24. The summed E-state index contributed by atoms with van der Waals surface area (Å²) in [6.45, 7) is 0.614. The second-order valence-corrected chi connectivity index (χ2v) is 4.03. The Kier molecular flexibility index (Phi) is 3.58. The normalized spacial score (nSPS) is 19.8. The molecule has 1 saturated heterocycles. The van der Waals surface area contributed by atoms with E-state index >= 15 is 0 Å². The topological polar surface area (TPSA) is 64.1 Å². The lowest BCUT2D eigenvalue weighted by Crippen LogP contribution is -2.27. The third-order valence-corrected chi connectivity index (χ3v) is 2.66. The Hall–Kier alpha value is -0.910. The molecule has 0 aromatic carbocycles. The van der Waals surface area contributed by atoms with Gasteiger partial charge in [-0.3, -0.25) is 4.79 Å². The lowest BCUT2D eigenvalue weighted by Gasteiger charge is -2.10. The van der Waals surface area contributed by atoms with E-state index in [-0.39, 0.29) is 16.3 Å². The quantitative estimate of drug-likeness (QED) is 0.653. The zero-order chi connectivity index (χ0) is 11.5. The van der Waals surface area contributed by atoms with Gasteiger partial charge in [0.05, 0.1) is 11.9 Å².